The Labute approximate surface area is 153 Å². The largest absolute Gasteiger partial charge is 0.433 e. The molecule has 0 atom stereocenters. The monoisotopic (exact) mass is 374 g/mol. The van der Waals surface area contributed by atoms with Crippen molar-refractivity contribution >= 4 is 11.0 Å². The number of aryl methyl sites for hydroxylation is 1. The van der Waals surface area contributed by atoms with Crippen molar-refractivity contribution in [1.82, 2.24) is 19.9 Å². The van der Waals surface area contributed by atoms with Gasteiger partial charge in [-0.15, -0.1) is 0 Å². The standard InChI is InChI=1S/C19H17F3N4O/c1-11-2-4-14-16(13-3-5-15(23-10-13)19(20,21)22)25-17(26-18(14)24-11)12-6-8-27-9-7-12/h2-5,10,12H,6-9H2,1H3. The highest BCUT2D eigenvalue weighted by Crippen LogP contribution is 2.32. The first-order chi connectivity index (χ1) is 12.9. The zero-order valence-electron chi connectivity index (χ0n) is 14.6. The van der Waals surface area contributed by atoms with Crippen molar-refractivity contribution in [2.45, 2.75) is 31.9 Å². The second kappa shape index (κ2) is 6.84. The number of nitrogens with zero attached hydrogens (tertiary/aromatic N) is 4. The fourth-order valence-electron chi connectivity index (χ4n) is 3.18. The summed E-state index contributed by atoms with van der Waals surface area (Å²) in [6.07, 6.45) is -1.65. The summed E-state index contributed by atoms with van der Waals surface area (Å²) in [7, 11) is 0. The number of hydrogen-bond donors (Lipinski definition) is 0. The van der Waals surface area contributed by atoms with Crippen molar-refractivity contribution in [1.29, 1.82) is 0 Å². The van der Waals surface area contributed by atoms with Crippen LogP contribution in [0, 0.1) is 6.92 Å². The molecule has 3 aromatic rings. The number of fused-ring (bicyclic) bond motifs is 1. The molecule has 0 aromatic carbocycles. The van der Waals surface area contributed by atoms with Crippen LogP contribution in [0.3, 0.4) is 0 Å². The third-order valence-electron chi connectivity index (χ3n) is 4.63. The lowest BCUT2D eigenvalue weighted by atomic mass is 9.98. The summed E-state index contributed by atoms with van der Waals surface area (Å²) in [4.78, 5) is 17.4. The highest BCUT2D eigenvalue weighted by molar-refractivity contribution is 5.90. The van der Waals surface area contributed by atoms with Gasteiger partial charge in [0.25, 0.3) is 0 Å². The summed E-state index contributed by atoms with van der Waals surface area (Å²) in [5.74, 6) is 0.797. The average Bonchev–Trinajstić information content (AvgIpc) is 2.67. The van der Waals surface area contributed by atoms with Gasteiger partial charge in [0.15, 0.2) is 5.65 Å². The Balaban J connectivity index is 1.85. The maximum Gasteiger partial charge on any atom is 0.433 e. The molecule has 27 heavy (non-hydrogen) atoms. The molecule has 0 amide bonds. The second-order valence-corrected chi connectivity index (χ2v) is 6.57. The summed E-state index contributed by atoms with van der Waals surface area (Å²) in [6.45, 7) is 3.16. The normalized spacial score (nSPS) is 16.0. The molecule has 0 spiro atoms. The lowest BCUT2D eigenvalue weighted by Crippen LogP contribution is -2.17. The highest BCUT2D eigenvalue weighted by Gasteiger charge is 2.32. The van der Waals surface area contributed by atoms with E-state index in [0.717, 1.165) is 24.6 Å². The van der Waals surface area contributed by atoms with Crippen LogP contribution in [0.15, 0.2) is 30.5 Å². The molecule has 3 aromatic heterocycles. The van der Waals surface area contributed by atoms with Crippen LogP contribution < -0.4 is 0 Å². The van der Waals surface area contributed by atoms with Gasteiger partial charge < -0.3 is 4.74 Å². The van der Waals surface area contributed by atoms with Crippen molar-refractivity contribution in [2.75, 3.05) is 13.2 Å². The van der Waals surface area contributed by atoms with Gasteiger partial charge in [-0.3, -0.25) is 4.98 Å². The first-order valence-electron chi connectivity index (χ1n) is 8.68. The smallest absolute Gasteiger partial charge is 0.381 e. The number of halogens is 3. The number of hydrogen-bond acceptors (Lipinski definition) is 5. The molecule has 1 aliphatic heterocycles. The van der Waals surface area contributed by atoms with Gasteiger partial charge in [0.1, 0.15) is 11.5 Å². The maximum atomic E-state index is 12.8. The number of ether oxygens (including phenoxy) is 1. The first-order valence-corrected chi connectivity index (χ1v) is 8.68. The predicted molar refractivity (Wildman–Crippen MR) is 93.1 cm³/mol. The fourth-order valence-corrected chi connectivity index (χ4v) is 3.18. The van der Waals surface area contributed by atoms with Gasteiger partial charge in [0, 0.05) is 42.0 Å². The summed E-state index contributed by atoms with van der Waals surface area (Å²) in [6, 6.07) is 6.05. The van der Waals surface area contributed by atoms with Gasteiger partial charge in [-0.05, 0) is 44.0 Å². The van der Waals surface area contributed by atoms with E-state index in [2.05, 4.69) is 19.9 Å². The number of pyridine rings is 2. The van der Waals surface area contributed by atoms with Crippen LogP contribution in [-0.2, 0) is 10.9 Å². The first kappa shape index (κ1) is 17.8. The molecular formula is C19H17F3N4O. The van der Waals surface area contributed by atoms with Crippen LogP contribution in [0.25, 0.3) is 22.3 Å². The predicted octanol–water partition coefficient (Wildman–Crippen LogP) is 4.31. The van der Waals surface area contributed by atoms with E-state index in [9.17, 15) is 13.2 Å². The van der Waals surface area contributed by atoms with Gasteiger partial charge in [0.05, 0.1) is 5.69 Å². The number of rotatable bonds is 2. The van der Waals surface area contributed by atoms with Gasteiger partial charge in [-0.2, -0.15) is 13.2 Å². The van der Waals surface area contributed by atoms with Gasteiger partial charge in [-0.25, -0.2) is 15.0 Å². The van der Waals surface area contributed by atoms with Crippen LogP contribution in [0.1, 0.15) is 36.0 Å². The highest BCUT2D eigenvalue weighted by atomic mass is 19.4. The van der Waals surface area contributed by atoms with Crippen LogP contribution >= 0.6 is 0 Å². The maximum absolute atomic E-state index is 12.8. The molecule has 5 nitrogen and oxygen atoms in total. The van der Waals surface area contributed by atoms with E-state index >= 15 is 0 Å². The number of alkyl halides is 3. The minimum absolute atomic E-state index is 0.145. The van der Waals surface area contributed by atoms with Gasteiger partial charge in [-0.1, -0.05) is 0 Å². The van der Waals surface area contributed by atoms with Crippen molar-refractivity contribution in [3.8, 4) is 11.3 Å². The van der Waals surface area contributed by atoms with Crippen LogP contribution in [0.2, 0.25) is 0 Å². The van der Waals surface area contributed by atoms with E-state index in [1.54, 1.807) is 0 Å². The molecule has 0 aliphatic carbocycles. The Kier molecular flexibility index (Phi) is 4.51. The average molecular weight is 374 g/mol. The minimum Gasteiger partial charge on any atom is -0.381 e. The van der Waals surface area contributed by atoms with Crippen LogP contribution in [-0.4, -0.2) is 33.1 Å². The van der Waals surface area contributed by atoms with Crippen LogP contribution in [0.5, 0.6) is 0 Å². The molecule has 4 heterocycles. The van der Waals surface area contributed by atoms with Gasteiger partial charge >= 0.3 is 6.18 Å². The number of aromatic nitrogens is 4. The Hall–Kier alpha value is -2.61. The fraction of sp³-hybridized carbons (Fsp3) is 0.368. The molecule has 1 saturated heterocycles. The van der Waals surface area contributed by atoms with Crippen LogP contribution in [0.4, 0.5) is 13.2 Å². The molecule has 0 saturated carbocycles. The van der Waals surface area contributed by atoms with E-state index in [1.165, 1.54) is 12.3 Å². The second-order valence-electron chi connectivity index (χ2n) is 6.57. The third kappa shape index (κ3) is 3.62. The van der Waals surface area contributed by atoms with Gasteiger partial charge in [0.2, 0.25) is 0 Å². The van der Waals surface area contributed by atoms with E-state index in [-0.39, 0.29) is 5.92 Å². The molecule has 0 N–H and O–H groups in total. The molecule has 1 aliphatic rings. The van der Waals surface area contributed by atoms with E-state index in [1.807, 2.05) is 19.1 Å². The Morgan fingerprint density at radius 3 is 2.44 bits per heavy atom. The molecule has 0 unspecified atom stereocenters. The molecule has 0 radical (unpaired) electrons. The van der Waals surface area contributed by atoms with E-state index in [4.69, 9.17) is 4.74 Å². The Morgan fingerprint density at radius 2 is 1.78 bits per heavy atom. The molecule has 4 rings (SSSR count). The van der Waals surface area contributed by atoms with Crippen molar-refractivity contribution < 1.29 is 17.9 Å². The topological polar surface area (TPSA) is 60.8 Å². The zero-order chi connectivity index (χ0) is 19.0. The summed E-state index contributed by atoms with van der Waals surface area (Å²) in [5.41, 5.74) is 1.49. The van der Waals surface area contributed by atoms with E-state index in [0.29, 0.717) is 41.3 Å². The summed E-state index contributed by atoms with van der Waals surface area (Å²) < 4.78 is 43.8. The molecular weight excluding hydrogens is 357 g/mol. The minimum atomic E-state index is -4.47. The summed E-state index contributed by atoms with van der Waals surface area (Å²) in [5, 5.41) is 0.693. The van der Waals surface area contributed by atoms with E-state index < -0.39 is 11.9 Å². The molecule has 1 fully saturated rings. The van der Waals surface area contributed by atoms with Crippen molar-refractivity contribution in [3.63, 3.8) is 0 Å². The quantitative estimate of drug-likeness (QED) is 0.669. The molecule has 140 valence electrons. The molecule has 8 heteroatoms. The summed E-state index contributed by atoms with van der Waals surface area (Å²) >= 11 is 0. The molecule has 0 bridgehead atoms. The third-order valence-corrected chi connectivity index (χ3v) is 4.63. The Bertz CT molecular complexity index is 967. The lowest BCUT2D eigenvalue weighted by molar-refractivity contribution is -0.141. The van der Waals surface area contributed by atoms with Crippen molar-refractivity contribution in [3.05, 3.63) is 47.7 Å². The SMILES string of the molecule is Cc1ccc2c(-c3ccc(C(F)(F)F)nc3)nc(C3CCOCC3)nc2n1. The van der Waals surface area contributed by atoms with Crippen molar-refractivity contribution in [2.24, 2.45) is 0 Å². The Morgan fingerprint density at radius 1 is 1.00 bits per heavy atom. The lowest BCUT2D eigenvalue weighted by Gasteiger charge is -2.21. The zero-order valence-corrected chi connectivity index (χ0v) is 14.6.